The van der Waals surface area contributed by atoms with Crippen LogP contribution in [0.15, 0.2) is 73.5 Å². The van der Waals surface area contributed by atoms with Gasteiger partial charge < -0.3 is 24.3 Å². The second kappa shape index (κ2) is 15.7. The molecule has 8 heteroatoms. The lowest BCUT2D eigenvalue weighted by atomic mass is 9.88. The molecule has 194 valence electrons. The summed E-state index contributed by atoms with van der Waals surface area (Å²) in [5.74, 6) is 0. The largest absolute Gasteiger partial charge is 0.449 e. The fourth-order valence-electron chi connectivity index (χ4n) is 3.42. The van der Waals surface area contributed by atoms with Crippen molar-refractivity contribution in [2.45, 2.75) is 39.2 Å². The minimum Gasteiger partial charge on any atom is -0.449 e. The number of ether oxygens (including phenoxy) is 4. The predicted molar refractivity (Wildman–Crippen MR) is 138 cm³/mol. The summed E-state index contributed by atoms with van der Waals surface area (Å²) in [4.78, 5) is 24.6. The van der Waals surface area contributed by atoms with Gasteiger partial charge in [0, 0.05) is 12.1 Å². The third-order valence-electron chi connectivity index (χ3n) is 5.24. The van der Waals surface area contributed by atoms with Gasteiger partial charge in [-0.3, -0.25) is 5.32 Å². The monoisotopic (exact) mass is 488 g/mol. The van der Waals surface area contributed by atoms with E-state index in [1.165, 1.54) is 6.08 Å². The molecule has 0 spiro atoms. The molecule has 0 saturated heterocycles. The van der Waals surface area contributed by atoms with E-state index in [1.807, 2.05) is 45.1 Å². The van der Waals surface area contributed by atoms with Gasteiger partial charge in [0.15, 0.2) is 0 Å². The molecule has 0 radical (unpaired) electrons. The van der Waals surface area contributed by atoms with E-state index in [4.69, 9.17) is 18.9 Å². The first-order chi connectivity index (χ1) is 16.7. The quantitative estimate of drug-likeness (QED) is 0.249. The molecule has 0 heterocycles. The zero-order valence-electron chi connectivity index (χ0n) is 21.3. The lowest BCUT2D eigenvalue weighted by molar-refractivity contribution is -0.0464. The number of rotatable bonds is 15. The number of allylic oxidation sites excluding steroid dienone is 3. The third kappa shape index (κ3) is 11.7. The molecule has 0 aromatic rings. The second-order valence-electron chi connectivity index (χ2n) is 8.62. The topological polar surface area (TPSA) is 95.1 Å². The average Bonchev–Trinajstić information content (AvgIpc) is 2.80. The van der Waals surface area contributed by atoms with Crippen LogP contribution in [0, 0.1) is 5.41 Å². The molecule has 2 N–H and O–H groups in total. The lowest BCUT2D eigenvalue weighted by Gasteiger charge is -2.32. The van der Waals surface area contributed by atoms with Gasteiger partial charge in [-0.1, -0.05) is 55.5 Å². The Morgan fingerprint density at radius 2 is 1.66 bits per heavy atom. The van der Waals surface area contributed by atoms with Gasteiger partial charge in [-0.2, -0.15) is 0 Å². The molecule has 0 aliphatic heterocycles. The van der Waals surface area contributed by atoms with Crippen molar-refractivity contribution in [1.82, 2.24) is 10.6 Å². The van der Waals surface area contributed by atoms with Crippen LogP contribution in [-0.2, 0) is 18.9 Å². The Morgan fingerprint density at radius 1 is 1.03 bits per heavy atom. The Kier molecular flexibility index (Phi) is 13.5. The third-order valence-corrected chi connectivity index (χ3v) is 5.24. The summed E-state index contributed by atoms with van der Waals surface area (Å²) in [5, 5.41) is 5.63. The first-order valence-electron chi connectivity index (χ1n) is 11.7. The van der Waals surface area contributed by atoms with Crippen molar-refractivity contribution in [3.8, 4) is 0 Å². The molecule has 1 atom stereocenters. The van der Waals surface area contributed by atoms with Crippen molar-refractivity contribution in [3.63, 3.8) is 0 Å². The highest BCUT2D eigenvalue weighted by molar-refractivity contribution is 5.70. The van der Waals surface area contributed by atoms with Gasteiger partial charge in [0.25, 0.3) is 0 Å². The van der Waals surface area contributed by atoms with Crippen LogP contribution in [0.3, 0.4) is 0 Å². The van der Waals surface area contributed by atoms with Gasteiger partial charge in [0.1, 0.15) is 13.2 Å². The molecule has 0 saturated carbocycles. The Morgan fingerprint density at radius 3 is 2.23 bits per heavy atom. The number of hydrogen-bond acceptors (Lipinski definition) is 6. The van der Waals surface area contributed by atoms with Crippen LogP contribution in [-0.4, -0.2) is 57.4 Å². The maximum atomic E-state index is 12.7. The van der Waals surface area contributed by atoms with Crippen molar-refractivity contribution >= 4 is 12.2 Å². The summed E-state index contributed by atoms with van der Waals surface area (Å²) in [6.07, 6.45) is 12.3. The van der Waals surface area contributed by atoms with E-state index in [1.54, 1.807) is 12.2 Å². The highest BCUT2D eigenvalue weighted by Crippen LogP contribution is 2.25. The van der Waals surface area contributed by atoms with E-state index in [2.05, 4.69) is 30.4 Å². The smallest absolute Gasteiger partial charge is 0.411 e. The molecule has 35 heavy (non-hydrogen) atoms. The minimum atomic E-state index is -0.778. The minimum absolute atomic E-state index is 0.132. The molecule has 0 bridgehead atoms. The number of amides is 2. The molecule has 0 aromatic carbocycles. The zero-order chi connectivity index (χ0) is 26.2. The van der Waals surface area contributed by atoms with E-state index >= 15 is 0 Å². The average molecular weight is 489 g/mol. The van der Waals surface area contributed by atoms with Crippen molar-refractivity contribution in [1.29, 1.82) is 0 Å². The Labute approximate surface area is 209 Å². The first-order valence-corrected chi connectivity index (χ1v) is 11.7. The fourth-order valence-corrected chi connectivity index (χ4v) is 3.42. The summed E-state index contributed by atoms with van der Waals surface area (Å²) in [7, 11) is 0. The normalized spacial score (nSPS) is 20.1. The molecular weight excluding hydrogens is 448 g/mol. The number of alkyl carbamates (subject to hydrolysis) is 2. The molecule has 1 aliphatic carbocycles. The van der Waals surface area contributed by atoms with Crippen LogP contribution in [0.4, 0.5) is 9.59 Å². The van der Waals surface area contributed by atoms with Gasteiger partial charge in [-0.05, 0) is 26.3 Å². The van der Waals surface area contributed by atoms with E-state index in [0.29, 0.717) is 45.0 Å². The van der Waals surface area contributed by atoms with Crippen LogP contribution in [0.1, 0.15) is 33.6 Å². The Bertz CT molecular complexity index is 816. The highest BCUT2D eigenvalue weighted by Gasteiger charge is 2.32. The van der Waals surface area contributed by atoms with Gasteiger partial charge in [-0.25, -0.2) is 9.59 Å². The van der Waals surface area contributed by atoms with Crippen LogP contribution >= 0.6 is 0 Å². The molecule has 8 nitrogen and oxygen atoms in total. The molecule has 1 unspecified atom stereocenters. The van der Waals surface area contributed by atoms with Gasteiger partial charge in [0.05, 0.1) is 37.4 Å². The van der Waals surface area contributed by atoms with Gasteiger partial charge in [-0.15, -0.1) is 13.2 Å². The summed E-state index contributed by atoms with van der Waals surface area (Å²) in [6.45, 7) is 18.4. The summed E-state index contributed by atoms with van der Waals surface area (Å²) >= 11 is 0. The van der Waals surface area contributed by atoms with E-state index in [-0.39, 0.29) is 13.2 Å². The van der Waals surface area contributed by atoms with Crippen LogP contribution < -0.4 is 10.6 Å². The molecule has 2 amide bonds. The standard InChI is InChI=1S/C27H40N2O6/c1-7-14-32-19-27(10-4,20-33-15-8-2)21-35-25(31)29-26(6)13-11-12-23(17-22(5)18-26)28-24(30)34-16-9-3/h7-9,11,13,17-18H,1-3,10,12,14-16,19-21H2,4-6H3,(H,28,30)(H,29,31)/b13-11-,22-18?,23-17+. The fraction of sp³-hybridized carbons (Fsp3) is 0.481. The van der Waals surface area contributed by atoms with Crippen molar-refractivity contribution in [2.75, 3.05) is 39.6 Å². The number of nitrogens with one attached hydrogen (secondary N) is 2. The van der Waals surface area contributed by atoms with Gasteiger partial charge in [0.2, 0.25) is 0 Å². The molecule has 0 aromatic heterocycles. The molecule has 0 fully saturated rings. The highest BCUT2D eigenvalue weighted by atomic mass is 16.6. The van der Waals surface area contributed by atoms with E-state index < -0.39 is 23.1 Å². The summed E-state index contributed by atoms with van der Waals surface area (Å²) in [5.41, 5.74) is 0.270. The van der Waals surface area contributed by atoms with Crippen LogP contribution in [0.5, 0.6) is 0 Å². The molecule has 1 aliphatic rings. The number of carbonyl (C=O) groups excluding carboxylic acids is 2. The molecular formula is C27H40N2O6. The second-order valence-corrected chi connectivity index (χ2v) is 8.62. The number of hydrogen-bond donors (Lipinski definition) is 2. The van der Waals surface area contributed by atoms with Crippen LogP contribution in [0.25, 0.3) is 0 Å². The number of carbonyl (C=O) groups is 2. The first kappa shape index (κ1) is 29.9. The van der Waals surface area contributed by atoms with Gasteiger partial charge >= 0.3 is 12.2 Å². The Hall–Kier alpha value is -3.10. The van der Waals surface area contributed by atoms with Crippen molar-refractivity contribution in [2.24, 2.45) is 5.41 Å². The van der Waals surface area contributed by atoms with E-state index in [0.717, 1.165) is 5.57 Å². The van der Waals surface area contributed by atoms with E-state index in [9.17, 15) is 9.59 Å². The lowest BCUT2D eigenvalue weighted by Crippen LogP contribution is -2.46. The summed E-state index contributed by atoms with van der Waals surface area (Å²) in [6, 6.07) is 0. The Balaban J connectivity index is 2.82. The molecule has 1 rings (SSSR count). The van der Waals surface area contributed by atoms with Crippen molar-refractivity contribution < 1.29 is 28.5 Å². The van der Waals surface area contributed by atoms with Crippen LogP contribution in [0.2, 0.25) is 0 Å². The predicted octanol–water partition coefficient (Wildman–Crippen LogP) is 4.98. The SMILES string of the molecule is C=CCOCC(CC)(COCC=C)COC(=O)NC1(C)C=C(C)/C=C(/NC(=O)OCC=C)C/C=C\1. The maximum Gasteiger partial charge on any atom is 0.411 e. The zero-order valence-corrected chi connectivity index (χ0v) is 21.3. The summed E-state index contributed by atoms with van der Waals surface area (Å²) < 4.78 is 21.9. The maximum absolute atomic E-state index is 12.7. The van der Waals surface area contributed by atoms with Crippen molar-refractivity contribution in [3.05, 3.63) is 73.5 Å².